The fourth-order valence-electron chi connectivity index (χ4n) is 4.49. The van der Waals surface area contributed by atoms with Crippen LogP contribution in [0.4, 0.5) is 13.2 Å². The lowest BCUT2D eigenvalue weighted by Crippen LogP contribution is -2.39. The monoisotopic (exact) mass is 501 g/mol. The molecule has 0 spiro atoms. The molecular weight excluding hydrogens is 467 g/mol. The maximum atomic E-state index is 12.6. The van der Waals surface area contributed by atoms with Gasteiger partial charge in [-0.1, -0.05) is 27.7 Å². The van der Waals surface area contributed by atoms with Crippen molar-refractivity contribution in [2.45, 2.75) is 82.8 Å². The summed E-state index contributed by atoms with van der Waals surface area (Å²) in [4.78, 5) is 18.6. The lowest BCUT2D eigenvalue weighted by Gasteiger charge is -2.33. The Bertz CT molecular complexity index is 1130. The molecule has 0 N–H and O–H groups in total. The number of carbonyl (C=O) groups excluding carboxylic acids is 1. The number of sulfone groups is 1. The van der Waals surface area contributed by atoms with E-state index in [1.54, 1.807) is 6.07 Å². The van der Waals surface area contributed by atoms with Gasteiger partial charge in [-0.15, -0.1) is 0 Å². The van der Waals surface area contributed by atoms with Crippen LogP contribution >= 0.6 is 0 Å². The molecule has 1 aliphatic rings. The highest BCUT2D eigenvalue weighted by Crippen LogP contribution is 2.31. The molecule has 6 nitrogen and oxygen atoms in total. The molecule has 1 amide bonds. The van der Waals surface area contributed by atoms with Gasteiger partial charge in [0.05, 0.1) is 21.7 Å². The fourth-order valence-corrected chi connectivity index (χ4v) is 5.81. The van der Waals surface area contributed by atoms with Crippen molar-refractivity contribution < 1.29 is 26.4 Å². The number of benzene rings is 1. The molecule has 2 heterocycles. The van der Waals surface area contributed by atoms with Crippen molar-refractivity contribution in [1.29, 1.82) is 0 Å². The molecule has 0 atom stereocenters. The summed E-state index contributed by atoms with van der Waals surface area (Å²) in [6, 6.07) is 4.66. The SMILES string of the molecule is CCC(=O)N1CCC(Cn2c(C(C)(C)C)nc3cc(S(=O)(=O)CCCC(F)(F)F)ccc32)CC1. The summed E-state index contributed by atoms with van der Waals surface area (Å²) in [5.41, 5.74) is 1.05. The van der Waals surface area contributed by atoms with E-state index >= 15 is 0 Å². The molecule has 1 saturated heterocycles. The number of amides is 1. The Morgan fingerprint density at radius 1 is 1.15 bits per heavy atom. The van der Waals surface area contributed by atoms with Crippen molar-refractivity contribution in [3.8, 4) is 0 Å². The van der Waals surface area contributed by atoms with Crippen LogP contribution in [0.5, 0.6) is 0 Å². The highest BCUT2D eigenvalue weighted by atomic mass is 32.2. The van der Waals surface area contributed by atoms with Crippen molar-refractivity contribution in [1.82, 2.24) is 14.5 Å². The molecule has 0 unspecified atom stereocenters. The highest BCUT2D eigenvalue weighted by molar-refractivity contribution is 7.91. The van der Waals surface area contributed by atoms with Gasteiger partial charge in [0, 0.05) is 37.9 Å². The van der Waals surface area contributed by atoms with Gasteiger partial charge < -0.3 is 9.47 Å². The second-order valence-corrected chi connectivity index (χ2v) is 12.3. The molecule has 2 aromatic rings. The van der Waals surface area contributed by atoms with E-state index in [-0.39, 0.29) is 16.2 Å². The average molecular weight is 502 g/mol. The molecule has 1 fully saturated rings. The Kier molecular flexibility index (Phi) is 7.70. The smallest absolute Gasteiger partial charge is 0.343 e. The molecule has 3 rings (SSSR count). The number of alkyl halides is 3. The number of likely N-dealkylation sites (tertiary alicyclic amines) is 1. The zero-order chi connectivity index (χ0) is 25.3. The predicted octanol–water partition coefficient (Wildman–Crippen LogP) is 5.10. The van der Waals surface area contributed by atoms with E-state index in [1.807, 2.05) is 32.6 Å². The zero-order valence-corrected chi connectivity index (χ0v) is 21.1. The number of hydrogen-bond acceptors (Lipinski definition) is 4. The normalized spacial score (nSPS) is 16.4. The molecule has 190 valence electrons. The van der Waals surface area contributed by atoms with Crippen LogP contribution < -0.4 is 0 Å². The lowest BCUT2D eigenvalue weighted by atomic mass is 9.93. The van der Waals surface area contributed by atoms with Gasteiger partial charge in [0.2, 0.25) is 5.91 Å². The number of halogens is 3. The number of piperidine rings is 1. The second-order valence-electron chi connectivity index (χ2n) is 10.2. The Balaban J connectivity index is 1.85. The largest absolute Gasteiger partial charge is 0.389 e. The summed E-state index contributed by atoms with van der Waals surface area (Å²) in [5, 5.41) is 0. The zero-order valence-electron chi connectivity index (χ0n) is 20.3. The minimum atomic E-state index is -4.38. The summed E-state index contributed by atoms with van der Waals surface area (Å²) in [7, 11) is -3.84. The molecule has 0 saturated carbocycles. The molecular formula is C24H34F3N3O3S. The van der Waals surface area contributed by atoms with Crippen molar-refractivity contribution >= 4 is 26.8 Å². The molecule has 0 aliphatic carbocycles. The van der Waals surface area contributed by atoms with Crippen LogP contribution in [-0.4, -0.2) is 53.8 Å². The summed E-state index contributed by atoms with van der Waals surface area (Å²) >= 11 is 0. The Labute approximate surface area is 199 Å². The molecule has 10 heteroatoms. The van der Waals surface area contributed by atoms with E-state index in [0.29, 0.717) is 17.9 Å². The van der Waals surface area contributed by atoms with Crippen molar-refractivity contribution in [3.05, 3.63) is 24.0 Å². The molecule has 34 heavy (non-hydrogen) atoms. The first-order chi connectivity index (χ1) is 15.7. The van der Waals surface area contributed by atoms with Crippen LogP contribution in [0.3, 0.4) is 0 Å². The standard InChI is InChI=1S/C24H34F3N3O3S/c1-5-21(31)29-12-9-17(10-13-29)16-30-20-8-7-18(15-19(20)28-22(30)23(2,3)4)34(32,33)14-6-11-24(25,26)27/h7-8,15,17H,5-6,9-14,16H2,1-4H3. The van der Waals surface area contributed by atoms with E-state index in [1.165, 1.54) is 12.1 Å². The number of aromatic nitrogens is 2. The average Bonchev–Trinajstić information content (AvgIpc) is 3.11. The van der Waals surface area contributed by atoms with E-state index in [9.17, 15) is 26.4 Å². The van der Waals surface area contributed by atoms with Crippen molar-refractivity contribution in [3.63, 3.8) is 0 Å². The minimum absolute atomic E-state index is 0.00123. The molecule has 0 radical (unpaired) electrons. The van der Waals surface area contributed by atoms with Gasteiger partial charge in [0.25, 0.3) is 0 Å². The van der Waals surface area contributed by atoms with Crippen molar-refractivity contribution in [2.24, 2.45) is 5.92 Å². The Morgan fingerprint density at radius 3 is 2.35 bits per heavy atom. The second kappa shape index (κ2) is 9.87. The third-order valence-electron chi connectivity index (χ3n) is 6.33. The highest BCUT2D eigenvalue weighted by Gasteiger charge is 2.30. The number of nitrogens with zero attached hydrogens (tertiary/aromatic N) is 3. The number of rotatable bonds is 7. The summed E-state index contributed by atoms with van der Waals surface area (Å²) < 4.78 is 64.8. The number of fused-ring (bicyclic) bond motifs is 1. The fraction of sp³-hybridized carbons (Fsp3) is 0.667. The lowest BCUT2D eigenvalue weighted by molar-refractivity contribution is -0.134. The van der Waals surface area contributed by atoms with E-state index < -0.39 is 34.6 Å². The van der Waals surface area contributed by atoms with E-state index in [2.05, 4.69) is 4.57 Å². The minimum Gasteiger partial charge on any atom is -0.343 e. The Hall–Kier alpha value is -2.10. The number of carbonyl (C=O) groups is 1. The molecule has 1 aromatic carbocycles. The topological polar surface area (TPSA) is 72.3 Å². The first kappa shape index (κ1) is 26.5. The van der Waals surface area contributed by atoms with E-state index in [4.69, 9.17) is 4.98 Å². The Morgan fingerprint density at radius 2 is 1.79 bits per heavy atom. The first-order valence-corrected chi connectivity index (χ1v) is 13.4. The predicted molar refractivity (Wildman–Crippen MR) is 125 cm³/mol. The summed E-state index contributed by atoms with van der Waals surface area (Å²) in [6.07, 6.45) is -3.68. The maximum Gasteiger partial charge on any atom is 0.389 e. The molecule has 1 aliphatic heterocycles. The summed E-state index contributed by atoms with van der Waals surface area (Å²) in [5.74, 6) is 0.817. The van der Waals surface area contributed by atoms with Gasteiger partial charge in [-0.3, -0.25) is 4.79 Å². The van der Waals surface area contributed by atoms with Gasteiger partial charge in [0.15, 0.2) is 9.84 Å². The van der Waals surface area contributed by atoms with Crippen LogP contribution in [0.1, 0.15) is 65.6 Å². The third-order valence-corrected chi connectivity index (χ3v) is 8.13. The summed E-state index contributed by atoms with van der Waals surface area (Å²) in [6.45, 7) is 10.2. The van der Waals surface area contributed by atoms with Gasteiger partial charge in [-0.2, -0.15) is 13.2 Å². The maximum absolute atomic E-state index is 12.6. The molecule has 0 bridgehead atoms. The number of imidazole rings is 1. The van der Waals surface area contributed by atoms with Crippen LogP contribution in [0.25, 0.3) is 11.0 Å². The third kappa shape index (κ3) is 6.31. The molecule has 1 aromatic heterocycles. The van der Waals surface area contributed by atoms with Gasteiger partial charge in [-0.05, 0) is 43.4 Å². The number of hydrogen-bond donors (Lipinski definition) is 0. The van der Waals surface area contributed by atoms with Crippen LogP contribution in [0.15, 0.2) is 23.1 Å². The van der Waals surface area contributed by atoms with Gasteiger partial charge in [-0.25, -0.2) is 13.4 Å². The van der Waals surface area contributed by atoms with Gasteiger partial charge in [0.1, 0.15) is 5.82 Å². The van der Waals surface area contributed by atoms with Crippen LogP contribution in [0, 0.1) is 5.92 Å². The quantitative estimate of drug-likeness (QED) is 0.529. The van der Waals surface area contributed by atoms with Gasteiger partial charge >= 0.3 is 6.18 Å². The van der Waals surface area contributed by atoms with Crippen molar-refractivity contribution in [2.75, 3.05) is 18.8 Å². The van der Waals surface area contributed by atoms with E-state index in [0.717, 1.165) is 43.8 Å². The van der Waals surface area contributed by atoms with Crippen LogP contribution in [0.2, 0.25) is 0 Å². The first-order valence-electron chi connectivity index (χ1n) is 11.8. The van der Waals surface area contributed by atoms with Crippen LogP contribution in [-0.2, 0) is 26.6 Å².